The van der Waals surface area contributed by atoms with E-state index >= 15 is 0 Å². The van der Waals surface area contributed by atoms with Crippen LogP contribution in [0.25, 0.3) is 0 Å². The number of rotatable bonds is 4. The lowest BCUT2D eigenvalue weighted by molar-refractivity contribution is 0.344. The number of hydrogen-bond acceptors (Lipinski definition) is 3. The largest absolute Gasteiger partial charge is 0.597 e. The highest BCUT2D eigenvalue weighted by Gasteiger charge is 2.35. The predicted molar refractivity (Wildman–Crippen MR) is 85.4 cm³/mol. The van der Waals surface area contributed by atoms with E-state index in [1.54, 1.807) is 0 Å². The van der Waals surface area contributed by atoms with E-state index < -0.39 is 11.4 Å². The summed E-state index contributed by atoms with van der Waals surface area (Å²) in [5.74, 6) is 0. The van der Waals surface area contributed by atoms with Gasteiger partial charge in [0.25, 0.3) is 0 Å². The molecule has 0 saturated carbocycles. The first-order chi connectivity index (χ1) is 8.68. The number of nitrogens with zero attached hydrogens (tertiary/aromatic N) is 2. The first-order valence-electron chi connectivity index (χ1n) is 6.49. The Morgan fingerprint density at radius 2 is 2.05 bits per heavy atom. The summed E-state index contributed by atoms with van der Waals surface area (Å²) < 4.78 is 15.3. The van der Waals surface area contributed by atoms with Crippen molar-refractivity contribution in [3.8, 4) is 0 Å². The second-order valence-corrected chi connectivity index (χ2v) is 8.65. The summed E-state index contributed by atoms with van der Waals surface area (Å²) in [5, 5.41) is 0. The maximum Gasteiger partial charge on any atom is 0.137 e. The molecule has 19 heavy (non-hydrogen) atoms. The van der Waals surface area contributed by atoms with Crippen molar-refractivity contribution in [2.24, 2.45) is 0 Å². The van der Waals surface area contributed by atoms with E-state index in [2.05, 4.69) is 33.9 Å². The van der Waals surface area contributed by atoms with Crippen molar-refractivity contribution in [3.63, 3.8) is 0 Å². The molecule has 2 atom stereocenters. The third-order valence-electron chi connectivity index (χ3n) is 3.01. The van der Waals surface area contributed by atoms with E-state index in [9.17, 15) is 4.55 Å². The molecule has 0 aromatic carbocycles. The molecule has 0 aliphatic carbocycles. The van der Waals surface area contributed by atoms with Gasteiger partial charge in [0.2, 0.25) is 0 Å². The lowest BCUT2D eigenvalue weighted by Crippen LogP contribution is -2.44. The molecule has 1 unspecified atom stereocenters. The fourth-order valence-electron chi connectivity index (χ4n) is 1.80. The summed E-state index contributed by atoms with van der Waals surface area (Å²) in [6.07, 6.45) is 1.87. The molecule has 0 bridgehead atoms. The molecule has 0 amide bonds. The summed E-state index contributed by atoms with van der Waals surface area (Å²) in [7, 11) is 0. The van der Waals surface area contributed by atoms with E-state index in [-0.39, 0.29) is 10.8 Å². The Bertz CT molecular complexity index is 434. The van der Waals surface area contributed by atoms with E-state index in [0.29, 0.717) is 0 Å². The molecule has 5 heteroatoms. The molecule has 0 fully saturated rings. The van der Waals surface area contributed by atoms with Crippen molar-refractivity contribution < 1.29 is 4.55 Å². The minimum atomic E-state index is -1.03. The van der Waals surface area contributed by atoms with Gasteiger partial charge in [0.15, 0.2) is 0 Å². The van der Waals surface area contributed by atoms with Gasteiger partial charge in [0, 0.05) is 28.6 Å². The van der Waals surface area contributed by atoms with Gasteiger partial charge in [0.1, 0.15) is 4.75 Å². The van der Waals surface area contributed by atoms with Crippen LogP contribution in [0.2, 0.25) is 0 Å². The van der Waals surface area contributed by atoms with Gasteiger partial charge in [-0.2, -0.15) is 0 Å². The molecule has 0 radical (unpaired) electrons. The topological polar surface area (TPSA) is 39.2 Å². The molecule has 1 rings (SSSR count). The molecule has 3 nitrogen and oxygen atoms in total. The number of hydrogen-bond donors (Lipinski definition) is 0. The minimum Gasteiger partial charge on any atom is -0.597 e. The lowest BCUT2D eigenvalue weighted by atomic mass is 10.1. The van der Waals surface area contributed by atoms with E-state index in [0.717, 1.165) is 22.3 Å². The highest BCUT2D eigenvalue weighted by molar-refractivity contribution is 9.10. The molecule has 1 aromatic rings. The van der Waals surface area contributed by atoms with Crippen molar-refractivity contribution in [1.29, 1.82) is 0 Å². The summed E-state index contributed by atoms with van der Waals surface area (Å²) in [5.41, 5.74) is 2.05. The maximum atomic E-state index is 12.6. The fraction of sp³-hybridized carbons (Fsp3) is 0.643. The molecule has 0 aliphatic heterocycles. The van der Waals surface area contributed by atoms with E-state index in [1.165, 1.54) is 0 Å². The monoisotopic (exact) mass is 346 g/mol. The van der Waals surface area contributed by atoms with Crippen LogP contribution in [-0.4, -0.2) is 25.1 Å². The van der Waals surface area contributed by atoms with Crippen molar-refractivity contribution in [1.82, 2.24) is 9.29 Å². The van der Waals surface area contributed by atoms with Crippen LogP contribution >= 0.6 is 15.9 Å². The van der Waals surface area contributed by atoms with Crippen molar-refractivity contribution in [2.45, 2.75) is 52.3 Å². The van der Waals surface area contributed by atoms with Gasteiger partial charge in [-0.25, -0.2) is 0 Å². The zero-order valence-corrected chi connectivity index (χ0v) is 14.9. The number of pyridine rings is 1. The second-order valence-electron chi connectivity index (χ2n) is 5.61. The average Bonchev–Trinajstić information content (AvgIpc) is 2.32. The van der Waals surface area contributed by atoms with Gasteiger partial charge in [-0.1, -0.05) is 0 Å². The Labute approximate surface area is 128 Å². The molecular formula is C14H23BrN2OS. The first kappa shape index (κ1) is 17.0. The predicted octanol–water partition coefficient (Wildman–Crippen LogP) is 4.00. The normalized spacial score (nSPS) is 15.6. The highest BCUT2D eigenvalue weighted by Crippen LogP contribution is 2.30. The van der Waals surface area contributed by atoms with Crippen LogP contribution in [0, 0.1) is 6.92 Å². The molecule has 1 heterocycles. The van der Waals surface area contributed by atoms with Crippen molar-refractivity contribution >= 4 is 27.3 Å². The zero-order valence-electron chi connectivity index (χ0n) is 12.5. The first-order valence-corrected chi connectivity index (χ1v) is 8.39. The van der Waals surface area contributed by atoms with Crippen LogP contribution < -0.4 is 0 Å². The molecule has 0 saturated heterocycles. The Kier molecular flexibility index (Phi) is 5.86. The third kappa shape index (κ3) is 4.18. The highest BCUT2D eigenvalue weighted by atomic mass is 79.9. The molecule has 0 aliphatic rings. The molecule has 0 N–H and O–H groups in total. The van der Waals surface area contributed by atoms with Gasteiger partial charge in [0.05, 0.1) is 11.7 Å². The Morgan fingerprint density at radius 1 is 1.47 bits per heavy atom. The lowest BCUT2D eigenvalue weighted by Gasteiger charge is -2.35. The zero-order chi connectivity index (χ0) is 14.8. The summed E-state index contributed by atoms with van der Waals surface area (Å²) in [6.45, 7) is 12.8. The van der Waals surface area contributed by atoms with Crippen LogP contribution in [0.15, 0.2) is 16.7 Å². The van der Waals surface area contributed by atoms with Gasteiger partial charge >= 0.3 is 0 Å². The van der Waals surface area contributed by atoms with Crippen LogP contribution in [0.3, 0.4) is 0 Å². The minimum absolute atomic E-state index is 0.0782. The Hall–Kier alpha value is -0.100. The number of aryl methyl sites for hydroxylation is 1. The standard InChI is InChI=1S/C14H23BrN2OS/c1-7-17(19(18)14(4,5)6)11(3)12-8-13(15)10(2)16-9-12/h8-9,11H,7H2,1-6H3/t11-,19?/m1/s1. The smallest absolute Gasteiger partial charge is 0.137 e. The quantitative estimate of drug-likeness (QED) is 0.773. The van der Waals surface area contributed by atoms with E-state index in [1.807, 2.05) is 45.1 Å². The Morgan fingerprint density at radius 3 is 2.47 bits per heavy atom. The fourth-order valence-corrected chi connectivity index (χ4v) is 3.52. The van der Waals surface area contributed by atoms with Gasteiger partial charge in [-0.3, -0.25) is 4.98 Å². The second kappa shape index (κ2) is 6.57. The van der Waals surface area contributed by atoms with Crippen LogP contribution in [0.1, 0.15) is 51.9 Å². The molecule has 1 aromatic heterocycles. The SMILES string of the molecule is CCN([C@H](C)c1cnc(C)c(Br)c1)[S+]([O-])C(C)(C)C. The van der Waals surface area contributed by atoms with Crippen LogP contribution in [0.5, 0.6) is 0 Å². The molecule has 0 spiro atoms. The Balaban J connectivity index is 3.01. The number of aromatic nitrogens is 1. The van der Waals surface area contributed by atoms with Crippen LogP contribution in [0.4, 0.5) is 0 Å². The summed E-state index contributed by atoms with van der Waals surface area (Å²) in [4.78, 5) is 4.37. The maximum absolute atomic E-state index is 12.6. The van der Waals surface area contributed by atoms with Crippen molar-refractivity contribution in [2.75, 3.05) is 6.54 Å². The number of halogens is 1. The van der Waals surface area contributed by atoms with Gasteiger partial charge < -0.3 is 4.55 Å². The average molecular weight is 347 g/mol. The summed E-state index contributed by atoms with van der Waals surface area (Å²) >= 11 is 2.48. The molecule has 108 valence electrons. The van der Waals surface area contributed by atoms with E-state index in [4.69, 9.17) is 0 Å². The molecular weight excluding hydrogens is 324 g/mol. The summed E-state index contributed by atoms with van der Waals surface area (Å²) in [6, 6.07) is 2.14. The van der Waals surface area contributed by atoms with Crippen LogP contribution in [-0.2, 0) is 11.4 Å². The third-order valence-corrected chi connectivity index (χ3v) is 5.86. The van der Waals surface area contributed by atoms with Gasteiger partial charge in [-0.15, -0.1) is 4.31 Å². The van der Waals surface area contributed by atoms with Crippen molar-refractivity contribution in [3.05, 3.63) is 28.0 Å². The van der Waals surface area contributed by atoms with Gasteiger partial charge in [-0.05, 0) is 69.1 Å².